The lowest BCUT2D eigenvalue weighted by molar-refractivity contribution is -0.121. The van der Waals surface area contributed by atoms with Crippen molar-refractivity contribution >= 4 is 34.6 Å². The number of anilines is 1. The van der Waals surface area contributed by atoms with Gasteiger partial charge < -0.3 is 15.2 Å². The molecule has 29 heavy (non-hydrogen) atoms. The molecule has 3 heterocycles. The first-order valence-electron chi connectivity index (χ1n) is 9.23. The number of aromatic nitrogens is 4. The highest BCUT2D eigenvalue weighted by molar-refractivity contribution is 6.30. The Labute approximate surface area is 170 Å². The van der Waals surface area contributed by atoms with Gasteiger partial charge in [-0.3, -0.25) is 14.4 Å². The van der Waals surface area contributed by atoms with E-state index in [1.54, 1.807) is 42.3 Å². The third kappa shape index (κ3) is 3.86. The molecule has 1 saturated heterocycles. The molecule has 9 nitrogen and oxygen atoms in total. The number of piperidine rings is 1. The number of nitrogens with zero attached hydrogens (tertiary/aromatic N) is 4. The molecule has 1 aromatic carbocycles. The molecule has 3 aromatic rings. The highest BCUT2D eigenvalue weighted by atomic mass is 35.5. The third-order valence-corrected chi connectivity index (χ3v) is 5.22. The highest BCUT2D eigenvalue weighted by Crippen LogP contribution is 2.22. The quantitative estimate of drug-likeness (QED) is 0.679. The Balaban J connectivity index is 1.42. The number of nitrogens with one attached hydrogen (secondary N) is 2. The largest absolute Gasteiger partial charge is 0.337 e. The first-order valence-corrected chi connectivity index (χ1v) is 9.61. The number of carbonyl (C=O) groups is 2. The summed E-state index contributed by atoms with van der Waals surface area (Å²) in [4.78, 5) is 41.8. The number of halogens is 1. The summed E-state index contributed by atoms with van der Waals surface area (Å²) in [6.07, 6.45) is 2.65. The first-order chi connectivity index (χ1) is 13.9. The SMILES string of the molecule is Cc1cn2nnc(C(=O)N3CCC(C(=O)Nc4cccc(Cl)c4)CC3)c2c(=O)[nH]1. The van der Waals surface area contributed by atoms with Crippen molar-refractivity contribution < 1.29 is 9.59 Å². The maximum atomic E-state index is 12.9. The minimum Gasteiger partial charge on any atom is -0.337 e. The molecule has 0 saturated carbocycles. The third-order valence-electron chi connectivity index (χ3n) is 4.98. The summed E-state index contributed by atoms with van der Waals surface area (Å²) in [5.74, 6) is -0.663. The van der Waals surface area contributed by atoms with Gasteiger partial charge in [-0.2, -0.15) is 0 Å². The van der Waals surface area contributed by atoms with Crippen molar-refractivity contribution in [1.29, 1.82) is 0 Å². The fraction of sp³-hybridized carbons (Fsp3) is 0.316. The molecule has 0 atom stereocenters. The van der Waals surface area contributed by atoms with Gasteiger partial charge in [0.15, 0.2) is 11.2 Å². The lowest BCUT2D eigenvalue weighted by Crippen LogP contribution is -2.41. The fourth-order valence-electron chi connectivity index (χ4n) is 3.50. The number of hydrogen-bond acceptors (Lipinski definition) is 5. The average Bonchev–Trinajstić information content (AvgIpc) is 3.11. The van der Waals surface area contributed by atoms with Gasteiger partial charge >= 0.3 is 0 Å². The maximum absolute atomic E-state index is 12.9. The smallest absolute Gasteiger partial charge is 0.276 e. The van der Waals surface area contributed by atoms with Crippen molar-refractivity contribution in [2.45, 2.75) is 19.8 Å². The van der Waals surface area contributed by atoms with Crippen LogP contribution in [0, 0.1) is 12.8 Å². The van der Waals surface area contributed by atoms with Gasteiger partial charge in [-0.25, -0.2) is 4.52 Å². The van der Waals surface area contributed by atoms with E-state index in [0.717, 1.165) is 0 Å². The van der Waals surface area contributed by atoms with Crippen LogP contribution >= 0.6 is 11.6 Å². The van der Waals surface area contributed by atoms with Crippen LogP contribution in [-0.2, 0) is 4.79 Å². The van der Waals surface area contributed by atoms with Crippen molar-refractivity contribution in [1.82, 2.24) is 24.7 Å². The van der Waals surface area contributed by atoms with Crippen LogP contribution < -0.4 is 10.9 Å². The van der Waals surface area contributed by atoms with Crippen molar-refractivity contribution in [2.24, 2.45) is 5.92 Å². The predicted molar refractivity (Wildman–Crippen MR) is 107 cm³/mol. The van der Waals surface area contributed by atoms with E-state index in [1.165, 1.54) is 4.52 Å². The second-order valence-corrected chi connectivity index (χ2v) is 7.50. The fourth-order valence-corrected chi connectivity index (χ4v) is 3.69. The number of aryl methyl sites for hydroxylation is 1. The van der Waals surface area contributed by atoms with Crippen LogP contribution in [0.1, 0.15) is 29.0 Å². The molecule has 0 radical (unpaired) electrons. The van der Waals surface area contributed by atoms with Gasteiger partial charge in [0.1, 0.15) is 0 Å². The molecule has 0 spiro atoms. The number of likely N-dealkylation sites (tertiary alicyclic amines) is 1. The van der Waals surface area contributed by atoms with Crippen LogP contribution in [0.25, 0.3) is 5.52 Å². The molecule has 150 valence electrons. The molecule has 0 unspecified atom stereocenters. The predicted octanol–water partition coefficient (Wildman–Crippen LogP) is 1.87. The summed E-state index contributed by atoms with van der Waals surface area (Å²) in [5.41, 5.74) is 1.01. The van der Waals surface area contributed by atoms with Crippen LogP contribution in [0.15, 0.2) is 35.3 Å². The number of amides is 2. The lowest BCUT2D eigenvalue weighted by Gasteiger charge is -2.30. The van der Waals surface area contributed by atoms with E-state index >= 15 is 0 Å². The van der Waals surface area contributed by atoms with Crippen molar-refractivity contribution in [3.8, 4) is 0 Å². The number of benzene rings is 1. The molecule has 1 aliphatic heterocycles. The number of aromatic amines is 1. The van der Waals surface area contributed by atoms with E-state index in [4.69, 9.17) is 11.6 Å². The number of fused-ring (bicyclic) bond motifs is 1. The van der Waals surface area contributed by atoms with E-state index in [-0.39, 0.29) is 28.9 Å². The molecule has 2 amide bonds. The Morgan fingerprint density at radius 1 is 1.28 bits per heavy atom. The lowest BCUT2D eigenvalue weighted by atomic mass is 9.95. The first kappa shape index (κ1) is 19.1. The van der Waals surface area contributed by atoms with Gasteiger partial charge in [-0.15, -0.1) is 5.10 Å². The van der Waals surface area contributed by atoms with E-state index in [0.29, 0.717) is 42.3 Å². The van der Waals surface area contributed by atoms with E-state index in [1.807, 2.05) is 0 Å². The van der Waals surface area contributed by atoms with Crippen molar-refractivity contribution in [3.63, 3.8) is 0 Å². The average molecular weight is 415 g/mol. The molecule has 10 heteroatoms. The highest BCUT2D eigenvalue weighted by Gasteiger charge is 2.30. The topological polar surface area (TPSA) is 112 Å². The number of hydrogen-bond donors (Lipinski definition) is 2. The van der Waals surface area contributed by atoms with Crippen LogP contribution in [0.3, 0.4) is 0 Å². The van der Waals surface area contributed by atoms with Crippen molar-refractivity contribution in [2.75, 3.05) is 18.4 Å². The number of H-pyrrole nitrogens is 1. The standard InChI is InChI=1S/C19H19ClN6O3/c1-11-10-26-16(18(28)21-11)15(23-24-26)19(29)25-7-5-12(6-8-25)17(27)22-14-4-2-3-13(20)9-14/h2-4,9-10,12H,5-8H2,1H3,(H,21,28)(H,22,27). The molecule has 1 aliphatic rings. The molecular formula is C19H19ClN6O3. The molecule has 0 bridgehead atoms. The Morgan fingerprint density at radius 3 is 2.76 bits per heavy atom. The van der Waals surface area contributed by atoms with Crippen molar-refractivity contribution in [3.05, 3.63) is 57.2 Å². The summed E-state index contributed by atoms with van der Waals surface area (Å²) in [7, 11) is 0. The van der Waals surface area contributed by atoms with E-state index < -0.39 is 5.56 Å². The number of carbonyl (C=O) groups excluding carboxylic acids is 2. The monoisotopic (exact) mass is 414 g/mol. The van der Waals surface area contributed by atoms with Gasteiger partial charge in [-0.05, 0) is 38.0 Å². The minimum atomic E-state index is -0.408. The molecule has 0 aliphatic carbocycles. The molecular weight excluding hydrogens is 396 g/mol. The maximum Gasteiger partial charge on any atom is 0.276 e. The van der Waals surface area contributed by atoms with Gasteiger partial charge in [0, 0.05) is 35.4 Å². The Hall–Kier alpha value is -3.20. The summed E-state index contributed by atoms with van der Waals surface area (Å²) < 4.78 is 1.31. The molecule has 4 rings (SSSR count). The zero-order valence-electron chi connectivity index (χ0n) is 15.7. The molecule has 2 aromatic heterocycles. The second-order valence-electron chi connectivity index (χ2n) is 7.06. The van der Waals surface area contributed by atoms with Crippen LogP contribution in [-0.4, -0.2) is 49.6 Å². The van der Waals surface area contributed by atoms with Gasteiger partial charge in [0.2, 0.25) is 5.91 Å². The molecule has 1 fully saturated rings. The molecule has 2 N–H and O–H groups in total. The summed E-state index contributed by atoms with van der Waals surface area (Å²) in [6.45, 7) is 2.52. The summed E-state index contributed by atoms with van der Waals surface area (Å²) in [6, 6.07) is 6.97. The zero-order chi connectivity index (χ0) is 20.5. The number of rotatable bonds is 3. The summed E-state index contributed by atoms with van der Waals surface area (Å²) in [5, 5.41) is 11.2. The Morgan fingerprint density at radius 2 is 2.03 bits per heavy atom. The van der Waals surface area contributed by atoms with E-state index in [9.17, 15) is 14.4 Å². The second kappa shape index (κ2) is 7.67. The van der Waals surface area contributed by atoms with Crippen LogP contribution in [0.4, 0.5) is 5.69 Å². The van der Waals surface area contributed by atoms with E-state index in [2.05, 4.69) is 20.6 Å². The normalized spacial score (nSPS) is 14.9. The van der Waals surface area contributed by atoms with Gasteiger partial charge in [-0.1, -0.05) is 22.9 Å². The van der Waals surface area contributed by atoms with Crippen LogP contribution in [0.5, 0.6) is 0 Å². The zero-order valence-corrected chi connectivity index (χ0v) is 16.4. The van der Waals surface area contributed by atoms with Gasteiger partial charge in [0.25, 0.3) is 11.5 Å². The van der Waals surface area contributed by atoms with Crippen LogP contribution in [0.2, 0.25) is 5.02 Å². The Bertz CT molecular complexity index is 1150. The summed E-state index contributed by atoms with van der Waals surface area (Å²) >= 11 is 5.95. The van der Waals surface area contributed by atoms with Gasteiger partial charge in [0.05, 0.1) is 6.20 Å². The Kier molecular flexibility index (Phi) is 5.06. The minimum absolute atomic E-state index is 0.0214.